The first-order valence-electron chi connectivity index (χ1n) is 2.63. The third kappa shape index (κ3) is 6.89. The molecule has 0 aromatic heterocycles. The van der Waals surface area contributed by atoms with E-state index in [1.165, 1.54) is 6.08 Å². The van der Waals surface area contributed by atoms with E-state index in [0.29, 0.717) is 6.33 Å². The zero-order valence-electron chi connectivity index (χ0n) is 5.13. The number of hydrogen-bond donors (Lipinski definition) is 0. The number of rotatable bonds is 3. The zero-order valence-corrected chi connectivity index (χ0v) is 5.13. The maximum atomic E-state index is 11.2. The van der Waals surface area contributed by atoms with Crippen molar-refractivity contribution in [2.24, 2.45) is 0 Å². The second-order valence-electron chi connectivity index (χ2n) is 1.32. The van der Waals surface area contributed by atoms with E-state index in [-0.39, 0.29) is 0 Å². The molecule has 0 bridgehead atoms. The molecule has 0 saturated heterocycles. The van der Waals surface area contributed by atoms with Gasteiger partial charge < -0.3 is 0 Å². The summed E-state index contributed by atoms with van der Waals surface area (Å²) in [4.78, 5) is 0. The van der Waals surface area contributed by atoms with E-state index in [9.17, 15) is 4.39 Å². The van der Waals surface area contributed by atoms with Crippen LogP contribution in [0.2, 0.25) is 0 Å². The molecule has 0 spiro atoms. The topological polar surface area (TPSA) is 0 Å². The lowest BCUT2D eigenvalue weighted by Crippen LogP contribution is -1.46. The average Bonchev–Trinajstić information content (AvgIpc) is 1.89. The highest BCUT2D eigenvalue weighted by atomic mass is 19.1. The fraction of sp³-hybridized carbons (Fsp3) is 0. The first-order chi connectivity index (χ1) is 4.41. The quantitative estimate of drug-likeness (QED) is 0.507. The van der Waals surface area contributed by atoms with Crippen molar-refractivity contribution in [2.75, 3.05) is 0 Å². The highest BCUT2D eigenvalue weighted by molar-refractivity contribution is 5.13. The van der Waals surface area contributed by atoms with Gasteiger partial charge in [-0.15, -0.1) is 0 Å². The van der Waals surface area contributed by atoms with Crippen molar-refractivity contribution >= 4 is 0 Å². The molecule has 1 heteroatoms. The van der Waals surface area contributed by atoms with Crippen molar-refractivity contribution in [1.82, 2.24) is 0 Å². The Morgan fingerprint density at radius 2 is 1.44 bits per heavy atom. The van der Waals surface area contributed by atoms with Gasteiger partial charge in [-0.25, -0.2) is 4.39 Å². The van der Waals surface area contributed by atoms with Crippen LogP contribution < -0.4 is 0 Å². The summed E-state index contributed by atoms with van der Waals surface area (Å²) in [5, 5.41) is 0. The summed E-state index contributed by atoms with van der Waals surface area (Å²) >= 11 is 0. The van der Waals surface area contributed by atoms with Crippen LogP contribution in [0, 0.1) is 0 Å². The number of halogens is 1. The van der Waals surface area contributed by atoms with E-state index in [1.807, 2.05) is 0 Å². The van der Waals surface area contributed by atoms with Crippen molar-refractivity contribution in [1.29, 1.82) is 0 Å². The SMILES string of the molecule is C=CC=CC=CC=CF. The largest absolute Gasteiger partial charge is 0.216 e. The standard InChI is InChI=1S/C8H9F/c1-2-3-4-5-6-7-8-9/h2-8H,1H2. The summed E-state index contributed by atoms with van der Waals surface area (Å²) in [7, 11) is 0. The van der Waals surface area contributed by atoms with Crippen LogP contribution in [0.1, 0.15) is 0 Å². The van der Waals surface area contributed by atoms with Gasteiger partial charge in [0, 0.05) is 0 Å². The Morgan fingerprint density at radius 1 is 0.889 bits per heavy atom. The highest BCUT2D eigenvalue weighted by Crippen LogP contribution is 1.80. The molecular weight excluding hydrogens is 115 g/mol. The molecule has 0 saturated carbocycles. The van der Waals surface area contributed by atoms with E-state index in [0.717, 1.165) is 0 Å². The number of hydrogen-bond acceptors (Lipinski definition) is 0. The lowest BCUT2D eigenvalue weighted by Gasteiger charge is -1.68. The molecule has 0 aromatic carbocycles. The monoisotopic (exact) mass is 124 g/mol. The van der Waals surface area contributed by atoms with Gasteiger partial charge in [-0.05, 0) is 6.08 Å². The Balaban J connectivity index is 3.46. The summed E-state index contributed by atoms with van der Waals surface area (Å²) in [5.41, 5.74) is 0. The van der Waals surface area contributed by atoms with E-state index in [4.69, 9.17) is 0 Å². The molecule has 0 aliphatic heterocycles. The first kappa shape index (κ1) is 7.89. The maximum absolute atomic E-state index is 11.2. The van der Waals surface area contributed by atoms with E-state index in [1.54, 1.807) is 30.4 Å². The maximum Gasteiger partial charge on any atom is 0.0866 e. The molecule has 0 nitrogen and oxygen atoms in total. The van der Waals surface area contributed by atoms with Crippen molar-refractivity contribution < 1.29 is 4.39 Å². The lowest BCUT2D eigenvalue weighted by molar-refractivity contribution is 0.721. The van der Waals surface area contributed by atoms with Crippen molar-refractivity contribution in [3.63, 3.8) is 0 Å². The molecule has 0 rings (SSSR count). The molecule has 0 heterocycles. The van der Waals surface area contributed by atoms with Crippen molar-refractivity contribution in [3.05, 3.63) is 49.4 Å². The summed E-state index contributed by atoms with van der Waals surface area (Å²) < 4.78 is 11.2. The molecule has 0 aliphatic carbocycles. The molecule has 48 valence electrons. The van der Waals surface area contributed by atoms with Gasteiger partial charge in [-0.2, -0.15) is 0 Å². The molecule has 0 atom stereocenters. The zero-order chi connectivity index (χ0) is 6.95. The van der Waals surface area contributed by atoms with Gasteiger partial charge >= 0.3 is 0 Å². The van der Waals surface area contributed by atoms with Crippen LogP contribution in [0.25, 0.3) is 0 Å². The summed E-state index contributed by atoms with van der Waals surface area (Å²) in [6.07, 6.45) is 10.3. The van der Waals surface area contributed by atoms with Crippen LogP contribution in [0.3, 0.4) is 0 Å². The Bertz CT molecular complexity index is 141. The van der Waals surface area contributed by atoms with E-state index in [2.05, 4.69) is 6.58 Å². The second kappa shape index (κ2) is 6.89. The Morgan fingerprint density at radius 3 is 2.00 bits per heavy atom. The molecule has 0 aliphatic rings. The third-order valence-corrected chi connectivity index (χ3v) is 0.653. The third-order valence-electron chi connectivity index (χ3n) is 0.653. The van der Waals surface area contributed by atoms with E-state index >= 15 is 0 Å². The average molecular weight is 124 g/mol. The minimum absolute atomic E-state index is 0.484. The van der Waals surface area contributed by atoms with Crippen LogP contribution in [-0.2, 0) is 0 Å². The van der Waals surface area contributed by atoms with Crippen LogP contribution >= 0.6 is 0 Å². The van der Waals surface area contributed by atoms with Gasteiger partial charge in [0.25, 0.3) is 0 Å². The normalized spacial score (nSPS) is 12.1. The second-order valence-corrected chi connectivity index (χ2v) is 1.32. The molecule has 0 fully saturated rings. The molecule has 9 heavy (non-hydrogen) atoms. The van der Waals surface area contributed by atoms with Gasteiger partial charge in [0.05, 0.1) is 6.33 Å². The molecule has 0 aromatic rings. The minimum atomic E-state index is 0.484. The highest BCUT2D eigenvalue weighted by Gasteiger charge is 1.58. The van der Waals surface area contributed by atoms with Gasteiger partial charge in [0.1, 0.15) is 0 Å². The number of allylic oxidation sites excluding steroid dienone is 6. The smallest absolute Gasteiger partial charge is 0.0866 e. The molecule has 0 N–H and O–H groups in total. The van der Waals surface area contributed by atoms with E-state index < -0.39 is 0 Å². The molecule has 0 amide bonds. The Labute approximate surface area is 54.7 Å². The first-order valence-corrected chi connectivity index (χ1v) is 2.63. The molecular formula is C8H9F. The van der Waals surface area contributed by atoms with Gasteiger partial charge in [-0.3, -0.25) is 0 Å². The predicted molar refractivity (Wildman–Crippen MR) is 38.7 cm³/mol. The Kier molecular flexibility index (Phi) is 6.04. The van der Waals surface area contributed by atoms with Crippen molar-refractivity contribution in [3.8, 4) is 0 Å². The van der Waals surface area contributed by atoms with Gasteiger partial charge in [0.2, 0.25) is 0 Å². The fourth-order valence-electron chi connectivity index (χ4n) is 0.313. The van der Waals surface area contributed by atoms with Gasteiger partial charge in [0.15, 0.2) is 0 Å². The van der Waals surface area contributed by atoms with Gasteiger partial charge in [-0.1, -0.05) is 37.0 Å². The van der Waals surface area contributed by atoms with Crippen LogP contribution in [-0.4, -0.2) is 0 Å². The lowest BCUT2D eigenvalue weighted by atomic mass is 10.4. The summed E-state index contributed by atoms with van der Waals surface area (Å²) in [5.74, 6) is 0. The van der Waals surface area contributed by atoms with Crippen LogP contribution in [0.4, 0.5) is 4.39 Å². The fourth-order valence-corrected chi connectivity index (χ4v) is 0.313. The summed E-state index contributed by atoms with van der Waals surface area (Å²) in [6, 6.07) is 0. The summed E-state index contributed by atoms with van der Waals surface area (Å²) in [6.45, 7) is 3.47. The van der Waals surface area contributed by atoms with Crippen LogP contribution in [0.15, 0.2) is 49.4 Å². The predicted octanol–water partition coefficient (Wildman–Crippen LogP) is 2.77. The minimum Gasteiger partial charge on any atom is -0.216 e. The Hall–Kier alpha value is -1.11. The van der Waals surface area contributed by atoms with Crippen LogP contribution in [0.5, 0.6) is 0 Å². The molecule has 0 radical (unpaired) electrons. The van der Waals surface area contributed by atoms with Crippen molar-refractivity contribution in [2.45, 2.75) is 0 Å². The molecule has 0 unspecified atom stereocenters.